The zero-order valence-electron chi connectivity index (χ0n) is 29.0. The number of nitrogens with zero attached hydrogens (tertiary/aromatic N) is 4. The molecule has 0 fully saturated rings. The number of hydrogen-bond acceptors (Lipinski definition) is 4. The normalized spacial score (nSPS) is 11.7. The molecule has 0 bridgehead atoms. The van der Waals surface area contributed by atoms with Gasteiger partial charge in [0.15, 0.2) is 23.1 Å². The van der Waals surface area contributed by atoms with Crippen LogP contribution in [0.2, 0.25) is 0 Å². The van der Waals surface area contributed by atoms with Gasteiger partial charge in [-0.15, -0.1) is 0 Å². The van der Waals surface area contributed by atoms with Gasteiger partial charge in [-0.05, 0) is 58.3 Å². The number of para-hydroxylation sites is 1. The fourth-order valence-electron chi connectivity index (χ4n) is 7.90. The third-order valence-electron chi connectivity index (χ3n) is 10.4. The molecule has 5 nitrogen and oxygen atoms in total. The summed E-state index contributed by atoms with van der Waals surface area (Å²) in [7, 11) is 0. The van der Waals surface area contributed by atoms with E-state index in [0.29, 0.717) is 17.5 Å². The molecule has 5 heteroatoms. The molecule has 0 radical (unpaired) electrons. The van der Waals surface area contributed by atoms with E-state index in [1.807, 2.05) is 60.7 Å². The van der Waals surface area contributed by atoms with E-state index in [1.54, 1.807) is 0 Å². The second-order valence-corrected chi connectivity index (χ2v) is 13.6. The molecular weight excluding hydrogens is 661 g/mol. The number of aromatic nitrogens is 4. The quantitative estimate of drug-likeness (QED) is 0.180. The van der Waals surface area contributed by atoms with Crippen LogP contribution in [-0.2, 0) is 0 Å². The largest absolute Gasteiger partial charge is 0.454 e. The predicted octanol–water partition coefficient (Wildman–Crippen LogP) is 12.7. The monoisotopic (exact) mass is 690 g/mol. The lowest BCUT2D eigenvalue weighted by molar-refractivity contribution is 0.666. The highest BCUT2D eigenvalue weighted by Gasteiger charge is 2.20. The van der Waals surface area contributed by atoms with Gasteiger partial charge in [0.05, 0.1) is 16.7 Å². The van der Waals surface area contributed by atoms with Crippen LogP contribution < -0.4 is 0 Å². The van der Waals surface area contributed by atoms with Crippen LogP contribution in [0.25, 0.3) is 105 Å². The summed E-state index contributed by atoms with van der Waals surface area (Å²) < 4.78 is 9.25. The molecule has 0 spiro atoms. The minimum Gasteiger partial charge on any atom is -0.454 e. The summed E-state index contributed by atoms with van der Waals surface area (Å²) in [6, 6.07) is 63.3. The first-order valence-electron chi connectivity index (χ1n) is 18.1. The Hall–Kier alpha value is -7.37. The zero-order chi connectivity index (χ0) is 35.6. The van der Waals surface area contributed by atoms with Crippen molar-refractivity contribution in [3.8, 4) is 51.0 Å². The highest BCUT2D eigenvalue weighted by Crippen LogP contribution is 2.42. The zero-order valence-corrected chi connectivity index (χ0v) is 29.0. The van der Waals surface area contributed by atoms with Crippen LogP contribution in [-0.4, -0.2) is 19.5 Å². The third-order valence-corrected chi connectivity index (χ3v) is 10.4. The Kier molecular flexibility index (Phi) is 6.79. The average Bonchev–Trinajstić information content (AvgIpc) is 3.80. The lowest BCUT2D eigenvalue weighted by atomic mass is 10.0. The van der Waals surface area contributed by atoms with E-state index < -0.39 is 0 Å². The molecule has 0 unspecified atom stereocenters. The molecule has 0 amide bonds. The molecule has 3 aromatic heterocycles. The molecule has 8 aromatic carbocycles. The van der Waals surface area contributed by atoms with Crippen molar-refractivity contribution >= 4 is 54.5 Å². The van der Waals surface area contributed by atoms with Crippen LogP contribution in [0.3, 0.4) is 0 Å². The van der Waals surface area contributed by atoms with Crippen molar-refractivity contribution in [3.05, 3.63) is 182 Å². The highest BCUT2D eigenvalue weighted by atomic mass is 16.3. The number of benzene rings is 8. The van der Waals surface area contributed by atoms with Crippen LogP contribution in [0, 0.1) is 0 Å². The summed E-state index contributed by atoms with van der Waals surface area (Å²) in [5.41, 5.74) is 9.96. The number of hydrogen-bond donors (Lipinski definition) is 0. The standard InChI is InChI=1S/C49H30N4O/c1-4-13-31(14-5-1)35-25-27-41-40(29-35)45-37-20-11-10-15-32(37)24-28-42(45)53(41)43-22-12-21-39-38-26-23-36(30-44(38)54-46(39)43)49-51-47(33-16-6-2-7-17-33)50-48(52-49)34-18-8-3-9-19-34/h1-30H. The maximum atomic E-state index is 6.89. The molecule has 3 heterocycles. The first-order chi connectivity index (χ1) is 26.8. The molecule has 0 aliphatic carbocycles. The first-order valence-corrected chi connectivity index (χ1v) is 18.1. The molecule has 252 valence electrons. The number of fused-ring (bicyclic) bond motifs is 8. The summed E-state index contributed by atoms with van der Waals surface area (Å²) in [6.45, 7) is 0. The van der Waals surface area contributed by atoms with Gasteiger partial charge in [-0.1, -0.05) is 146 Å². The maximum Gasteiger partial charge on any atom is 0.164 e. The van der Waals surface area contributed by atoms with Crippen LogP contribution >= 0.6 is 0 Å². The molecule has 0 aliphatic heterocycles. The van der Waals surface area contributed by atoms with Gasteiger partial charge in [-0.25, -0.2) is 15.0 Å². The second-order valence-electron chi connectivity index (χ2n) is 13.6. The van der Waals surface area contributed by atoms with Crippen molar-refractivity contribution in [2.75, 3.05) is 0 Å². The molecule has 0 aliphatic rings. The van der Waals surface area contributed by atoms with E-state index in [1.165, 1.54) is 32.7 Å². The van der Waals surface area contributed by atoms with Crippen molar-refractivity contribution in [2.24, 2.45) is 0 Å². The van der Waals surface area contributed by atoms with E-state index in [4.69, 9.17) is 19.4 Å². The lowest BCUT2D eigenvalue weighted by Crippen LogP contribution is -2.00. The fourth-order valence-corrected chi connectivity index (χ4v) is 7.90. The highest BCUT2D eigenvalue weighted by molar-refractivity contribution is 6.22. The topological polar surface area (TPSA) is 56.7 Å². The van der Waals surface area contributed by atoms with Gasteiger partial charge in [-0.2, -0.15) is 0 Å². The summed E-state index contributed by atoms with van der Waals surface area (Å²) >= 11 is 0. The van der Waals surface area contributed by atoms with Crippen molar-refractivity contribution in [2.45, 2.75) is 0 Å². The number of furan rings is 1. The van der Waals surface area contributed by atoms with E-state index >= 15 is 0 Å². The number of rotatable bonds is 5. The first kappa shape index (κ1) is 30.3. The van der Waals surface area contributed by atoms with Crippen LogP contribution in [0.1, 0.15) is 0 Å². The van der Waals surface area contributed by atoms with E-state index in [-0.39, 0.29) is 0 Å². The summed E-state index contributed by atoms with van der Waals surface area (Å²) in [6.07, 6.45) is 0. The second kappa shape index (κ2) is 12.1. The molecule has 11 aromatic rings. The van der Waals surface area contributed by atoms with Crippen LogP contribution in [0.15, 0.2) is 186 Å². The molecule has 0 saturated heterocycles. The minimum absolute atomic E-state index is 0.591. The van der Waals surface area contributed by atoms with Crippen LogP contribution in [0.4, 0.5) is 0 Å². The van der Waals surface area contributed by atoms with Gasteiger partial charge < -0.3 is 8.98 Å². The average molecular weight is 691 g/mol. The van der Waals surface area contributed by atoms with Crippen molar-refractivity contribution < 1.29 is 4.42 Å². The van der Waals surface area contributed by atoms with Crippen molar-refractivity contribution in [1.29, 1.82) is 0 Å². The smallest absolute Gasteiger partial charge is 0.164 e. The molecule has 0 N–H and O–H groups in total. The Morgan fingerprint density at radius 2 is 0.963 bits per heavy atom. The Bertz CT molecular complexity index is 3140. The molecule has 0 saturated carbocycles. The van der Waals surface area contributed by atoms with Gasteiger partial charge in [0.2, 0.25) is 0 Å². The molecule has 54 heavy (non-hydrogen) atoms. The van der Waals surface area contributed by atoms with Crippen molar-refractivity contribution in [3.63, 3.8) is 0 Å². The lowest BCUT2D eigenvalue weighted by Gasteiger charge is -2.09. The Morgan fingerprint density at radius 1 is 0.370 bits per heavy atom. The Balaban J connectivity index is 1.12. The van der Waals surface area contributed by atoms with Gasteiger partial charge in [0.25, 0.3) is 0 Å². The SMILES string of the molecule is c1ccc(-c2ccc3c(c2)c2c4ccccc4ccc2n3-c2cccc3c2oc2cc(-c4nc(-c5ccccc5)nc(-c5ccccc5)n4)ccc23)cc1. The van der Waals surface area contributed by atoms with Gasteiger partial charge in [-0.3, -0.25) is 0 Å². The molecular formula is C49H30N4O. The minimum atomic E-state index is 0.591. The van der Waals surface area contributed by atoms with E-state index in [2.05, 4.69) is 126 Å². The van der Waals surface area contributed by atoms with E-state index in [0.717, 1.165) is 55.3 Å². The van der Waals surface area contributed by atoms with Crippen LogP contribution in [0.5, 0.6) is 0 Å². The third kappa shape index (κ3) is 4.83. The predicted molar refractivity (Wildman–Crippen MR) is 221 cm³/mol. The van der Waals surface area contributed by atoms with Gasteiger partial charge in [0, 0.05) is 38.2 Å². The summed E-state index contributed by atoms with van der Waals surface area (Å²) in [4.78, 5) is 14.8. The summed E-state index contributed by atoms with van der Waals surface area (Å²) in [5.74, 6) is 1.84. The fraction of sp³-hybridized carbons (Fsp3) is 0. The molecule has 11 rings (SSSR count). The Morgan fingerprint density at radius 3 is 1.69 bits per heavy atom. The van der Waals surface area contributed by atoms with Gasteiger partial charge in [0.1, 0.15) is 5.58 Å². The Labute approximate surface area is 310 Å². The van der Waals surface area contributed by atoms with Gasteiger partial charge >= 0.3 is 0 Å². The maximum absolute atomic E-state index is 6.89. The molecule has 0 atom stereocenters. The summed E-state index contributed by atoms with van der Waals surface area (Å²) in [5, 5.41) is 6.97. The van der Waals surface area contributed by atoms with Crippen molar-refractivity contribution in [1.82, 2.24) is 19.5 Å². The van der Waals surface area contributed by atoms with E-state index in [9.17, 15) is 0 Å².